The van der Waals surface area contributed by atoms with E-state index in [1.165, 1.54) is 18.2 Å². The quantitative estimate of drug-likeness (QED) is 0.793. The number of rotatable bonds is 2. The van der Waals surface area contributed by atoms with Gasteiger partial charge in [0.15, 0.2) is 0 Å². The molecule has 1 aliphatic heterocycles. The minimum absolute atomic E-state index is 0.0936. The number of hydrogen-bond donors (Lipinski definition) is 0. The van der Waals surface area contributed by atoms with Crippen molar-refractivity contribution in [3.63, 3.8) is 0 Å². The Morgan fingerprint density at radius 3 is 2.74 bits per heavy atom. The molecule has 0 radical (unpaired) electrons. The molecular weight excluding hydrogens is 296 g/mol. The number of aryl methyl sites for hydroxylation is 1. The van der Waals surface area contributed by atoms with Gasteiger partial charge < -0.3 is 14.4 Å². The molecule has 0 spiro atoms. The van der Waals surface area contributed by atoms with Crippen molar-refractivity contribution < 1.29 is 19.1 Å². The summed E-state index contributed by atoms with van der Waals surface area (Å²) in [5.41, 5.74) is 1.91. The Labute approximate surface area is 133 Å². The van der Waals surface area contributed by atoms with Gasteiger partial charge in [-0.2, -0.15) is 0 Å². The molecule has 3 rings (SSSR count). The van der Waals surface area contributed by atoms with Crippen molar-refractivity contribution in [3.05, 3.63) is 53.9 Å². The maximum atomic E-state index is 12.8. The highest BCUT2D eigenvalue weighted by molar-refractivity contribution is 6.07. The van der Waals surface area contributed by atoms with Gasteiger partial charge in [0.2, 0.25) is 6.10 Å². The number of methoxy groups -OCH3 is 1. The molecule has 1 amide bonds. The van der Waals surface area contributed by atoms with E-state index in [9.17, 15) is 9.59 Å². The molecule has 2 heterocycles. The van der Waals surface area contributed by atoms with Crippen LogP contribution < -0.4 is 9.64 Å². The first-order valence-electron chi connectivity index (χ1n) is 7.18. The number of carbonyl (C=O) groups is 2. The Morgan fingerprint density at radius 2 is 2.04 bits per heavy atom. The van der Waals surface area contributed by atoms with Gasteiger partial charge >= 0.3 is 5.97 Å². The zero-order valence-corrected chi connectivity index (χ0v) is 12.9. The minimum atomic E-state index is -0.850. The number of ether oxygens (including phenoxy) is 2. The van der Waals surface area contributed by atoms with Gasteiger partial charge in [0, 0.05) is 11.9 Å². The highest BCUT2D eigenvalue weighted by Crippen LogP contribution is 2.34. The molecule has 1 aromatic carbocycles. The third-order valence-corrected chi connectivity index (χ3v) is 3.64. The van der Waals surface area contributed by atoms with Crippen molar-refractivity contribution in [1.29, 1.82) is 0 Å². The van der Waals surface area contributed by atoms with Crippen molar-refractivity contribution in [1.82, 2.24) is 4.98 Å². The van der Waals surface area contributed by atoms with Crippen molar-refractivity contribution in [2.75, 3.05) is 18.6 Å². The van der Waals surface area contributed by atoms with Crippen molar-refractivity contribution in [2.24, 2.45) is 0 Å². The number of anilines is 1. The molecule has 6 heteroatoms. The van der Waals surface area contributed by atoms with Crippen LogP contribution in [-0.2, 0) is 9.53 Å². The van der Waals surface area contributed by atoms with Gasteiger partial charge in [-0.15, -0.1) is 0 Å². The van der Waals surface area contributed by atoms with Gasteiger partial charge in [0.25, 0.3) is 5.91 Å². The van der Waals surface area contributed by atoms with Crippen LogP contribution in [0.5, 0.6) is 5.75 Å². The van der Waals surface area contributed by atoms with Crippen LogP contribution in [0.25, 0.3) is 0 Å². The lowest BCUT2D eigenvalue weighted by Crippen LogP contribution is -2.47. The molecule has 1 unspecified atom stereocenters. The highest BCUT2D eigenvalue weighted by atomic mass is 16.6. The maximum absolute atomic E-state index is 12.8. The van der Waals surface area contributed by atoms with E-state index in [2.05, 4.69) is 4.98 Å². The number of aromatic nitrogens is 1. The molecule has 1 atom stereocenters. The first kappa shape index (κ1) is 15.0. The average Bonchev–Trinajstić information content (AvgIpc) is 2.60. The van der Waals surface area contributed by atoms with Gasteiger partial charge in [-0.1, -0.05) is 12.1 Å². The second-order valence-electron chi connectivity index (χ2n) is 5.20. The lowest BCUT2D eigenvalue weighted by Gasteiger charge is -2.33. The fourth-order valence-corrected chi connectivity index (χ4v) is 2.43. The van der Waals surface area contributed by atoms with Crippen molar-refractivity contribution in [2.45, 2.75) is 13.0 Å². The van der Waals surface area contributed by atoms with Gasteiger partial charge in [0.1, 0.15) is 5.75 Å². The Hall–Kier alpha value is -2.89. The predicted octanol–water partition coefficient (Wildman–Crippen LogP) is 1.97. The van der Waals surface area contributed by atoms with Crippen LogP contribution in [0.3, 0.4) is 0 Å². The summed E-state index contributed by atoms with van der Waals surface area (Å²) in [6.07, 6.45) is 0.681. The number of esters is 1. The van der Waals surface area contributed by atoms with Gasteiger partial charge in [-0.3, -0.25) is 9.78 Å². The summed E-state index contributed by atoms with van der Waals surface area (Å²) >= 11 is 0. The monoisotopic (exact) mass is 312 g/mol. The largest absolute Gasteiger partial charge is 0.475 e. The molecule has 0 bridgehead atoms. The lowest BCUT2D eigenvalue weighted by atomic mass is 10.1. The Balaban J connectivity index is 1.97. The summed E-state index contributed by atoms with van der Waals surface area (Å²) in [6.45, 7) is 1.95. The van der Waals surface area contributed by atoms with Crippen LogP contribution in [0.4, 0.5) is 5.69 Å². The number of hydrogen-bond acceptors (Lipinski definition) is 5. The Kier molecular flexibility index (Phi) is 3.97. The van der Waals surface area contributed by atoms with E-state index in [-0.39, 0.29) is 12.5 Å². The van der Waals surface area contributed by atoms with Gasteiger partial charge in [0.05, 0.1) is 24.9 Å². The molecule has 1 aliphatic rings. The lowest BCUT2D eigenvalue weighted by molar-refractivity contribution is -0.148. The summed E-state index contributed by atoms with van der Waals surface area (Å²) in [6, 6.07) is 10.6. The number of carbonyl (C=O) groups excluding carboxylic acids is 2. The SMILES string of the molecule is COC(=O)C1CN(C(=O)c2ccc(C)nc2)c2ccccc2O1. The van der Waals surface area contributed by atoms with Crippen LogP contribution in [0, 0.1) is 6.92 Å². The third-order valence-electron chi connectivity index (χ3n) is 3.64. The molecule has 6 nitrogen and oxygen atoms in total. The fraction of sp³-hybridized carbons (Fsp3) is 0.235. The maximum Gasteiger partial charge on any atom is 0.348 e. The zero-order chi connectivity index (χ0) is 16.4. The minimum Gasteiger partial charge on any atom is -0.475 e. The van der Waals surface area contributed by atoms with Gasteiger partial charge in [-0.05, 0) is 31.2 Å². The summed E-state index contributed by atoms with van der Waals surface area (Å²) in [7, 11) is 1.29. The molecule has 23 heavy (non-hydrogen) atoms. The zero-order valence-electron chi connectivity index (χ0n) is 12.9. The molecular formula is C17H16N2O4. The average molecular weight is 312 g/mol. The smallest absolute Gasteiger partial charge is 0.348 e. The van der Waals surface area contributed by atoms with E-state index in [1.807, 2.05) is 13.0 Å². The second kappa shape index (κ2) is 6.08. The van der Waals surface area contributed by atoms with Crippen molar-refractivity contribution in [3.8, 4) is 5.75 Å². The van der Waals surface area contributed by atoms with Crippen LogP contribution >= 0.6 is 0 Å². The molecule has 0 saturated carbocycles. The first-order valence-corrected chi connectivity index (χ1v) is 7.18. The van der Waals surface area contributed by atoms with Crippen LogP contribution in [0.1, 0.15) is 16.1 Å². The van der Waals surface area contributed by atoms with Crippen LogP contribution in [0.2, 0.25) is 0 Å². The summed E-state index contributed by atoms with van der Waals surface area (Å²) < 4.78 is 10.4. The Bertz CT molecular complexity index is 743. The second-order valence-corrected chi connectivity index (χ2v) is 5.20. The molecule has 1 aromatic heterocycles. The number of amides is 1. The fourth-order valence-electron chi connectivity index (χ4n) is 2.43. The predicted molar refractivity (Wildman–Crippen MR) is 83.5 cm³/mol. The molecule has 0 fully saturated rings. The first-order chi connectivity index (χ1) is 11.1. The molecule has 2 aromatic rings. The van der Waals surface area contributed by atoms with Crippen LogP contribution in [-0.4, -0.2) is 36.6 Å². The Morgan fingerprint density at radius 1 is 1.26 bits per heavy atom. The standard InChI is InChI=1S/C17H16N2O4/c1-11-7-8-12(9-18-11)16(20)19-10-15(17(21)22-2)23-14-6-4-3-5-13(14)19/h3-9,15H,10H2,1-2H3. The summed E-state index contributed by atoms with van der Waals surface area (Å²) in [5.74, 6) is -0.274. The number of nitrogens with zero attached hydrogens (tertiary/aromatic N) is 2. The number of para-hydroxylation sites is 2. The summed E-state index contributed by atoms with van der Waals surface area (Å²) in [4.78, 5) is 30.3. The molecule has 0 N–H and O–H groups in total. The van der Waals surface area contributed by atoms with E-state index < -0.39 is 12.1 Å². The molecule has 118 valence electrons. The van der Waals surface area contributed by atoms with E-state index in [4.69, 9.17) is 9.47 Å². The number of pyridine rings is 1. The van der Waals surface area contributed by atoms with E-state index in [0.717, 1.165) is 5.69 Å². The summed E-state index contributed by atoms with van der Waals surface area (Å²) in [5, 5.41) is 0. The third kappa shape index (κ3) is 2.88. The number of benzene rings is 1. The molecule has 0 saturated heterocycles. The topological polar surface area (TPSA) is 68.7 Å². The van der Waals surface area contributed by atoms with Gasteiger partial charge in [-0.25, -0.2) is 4.79 Å². The van der Waals surface area contributed by atoms with Crippen molar-refractivity contribution >= 4 is 17.6 Å². The number of fused-ring (bicyclic) bond motifs is 1. The molecule has 0 aliphatic carbocycles. The van der Waals surface area contributed by atoms with Crippen LogP contribution in [0.15, 0.2) is 42.6 Å². The normalized spacial score (nSPS) is 16.3. The van der Waals surface area contributed by atoms with E-state index in [0.29, 0.717) is 17.0 Å². The van der Waals surface area contributed by atoms with E-state index in [1.54, 1.807) is 30.3 Å². The highest BCUT2D eigenvalue weighted by Gasteiger charge is 2.34. The van der Waals surface area contributed by atoms with E-state index >= 15 is 0 Å².